The molecule has 1 fully saturated rings. The molecule has 0 aromatic heterocycles. The molecule has 1 saturated carbocycles. The number of ether oxygens (including phenoxy) is 1. The molecule has 0 saturated heterocycles. The average molecular weight is 276 g/mol. The van der Waals surface area contributed by atoms with E-state index >= 15 is 0 Å². The lowest BCUT2D eigenvalue weighted by molar-refractivity contribution is -0.152. The third kappa shape index (κ3) is 3.38. The highest BCUT2D eigenvalue weighted by Crippen LogP contribution is 2.30. The molecular weight excluding hydrogens is 252 g/mol. The van der Waals surface area contributed by atoms with E-state index in [1.54, 1.807) is 0 Å². The summed E-state index contributed by atoms with van der Waals surface area (Å²) in [7, 11) is 3.96. The predicted molar refractivity (Wildman–Crippen MR) is 79.5 cm³/mol. The number of esters is 1. The lowest BCUT2D eigenvalue weighted by Crippen LogP contribution is -2.56. The molecule has 4 nitrogen and oxygen atoms in total. The Balaban J connectivity index is 2.38. The summed E-state index contributed by atoms with van der Waals surface area (Å²) in [5, 5.41) is 3.52. The summed E-state index contributed by atoms with van der Waals surface area (Å²) in [5.74, 6) is -0.188. The van der Waals surface area contributed by atoms with Crippen LogP contribution >= 0.6 is 0 Å². The van der Waals surface area contributed by atoms with E-state index in [9.17, 15) is 4.79 Å². The quantitative estimate of drug-likeness (QED) is 0.771. The van der Waals surface area contributed by atoms with Crippen LogP contribution in [-0.2, 0) is 15.1 Å². The Kier molecular flexibility index (Phi) is 4.78. The number of rotatable bonds is 7. The number of nitrogens with one attached hydrogen (secondary N) is 1. The largest absolute Gasteiger partial charge is 0.464 e. The van der Waals surface area contributed by atoms with Crippen LogP contribution in [0.15, 0.2) is 30.3 Å². The zero-order valence-electron chi connectivity index (χ0n) is 12.6. The van der Waals surface area contributed by atoms with Crippen molar-refractivity contribution in [3.8, 4) is 0 Å². The van der Waals surface area contributed by atoms with Crippen molar-refractivity contribution in [3.05, 3.63) is 35.9 Å². The molecule has 0 spiro atoms. The first-order valence-electron chi connectivity index (χ1n) is 7.23. The molecule has 0 aliphatic heterocycles. The molecule has 1 aliphatic carbocycles. The second-order valence-electron chi connectivity index (χ2n) is 5.65. The molecule has 4 heteroatoms. The van der Waals surface area contributed by atoms with Gasteiger partial charge in [0.05, 0.1) is 6.61 Å². The normalized spacial score (nSPS) is 17.8. The molecule has 2 rings (SSSR count). The number of hydrogen-bond donors (Lipinski definition) is 1. The van der Waals surface area contributed by atoms with Gasteiger partial charge in [0.1, 0.15) is 0 Å². The molecular formula is C16H24N2O2. The summed E-state index contributed by atoms with van der Waals surface area (Å²) < 4.78 is 5.36. The summed E-state index contributed by atoms with van der Waals surface area (Å²) in [5.41, 5.74) is 0.195. The van der Waals surface area contributed by atoms with Crippen molar-refractivity contribution in [1.82, 2.24) is 10.2 Å². The van der Waals surface area contributed by atoms with Crippen molar-refractivity contribution in [2.24, 2.45) is 0 Å². The van der Waals surface area contributed by atoms with Crippen LogP contribution in [-0.4, -0.2) is 44.2 Å². The number of carbonyl (C=O) groups excluding carboxylic acids is 1. The zero-order valence-corrected chi connectivity index (χ0v) is 12.6. The van der Waals surface area contributed by atoms with Crippen molar-refractivity contribution >= 4 is 5.97 Å². The Bertz CT molecular complexity index is 437. The highest BCUT2D eigenvalue weighted by molar-refractivity contribution is 5.83. The highest BCUT2D eigenvalue weighted by Gasteiger charge is 2.45. The van der Waals surface area contributed by atoms with Crippen molar-refractivity contribution < 1.29 is 9.53 Å². The van der Waals surface area contributed by atoms with Gasteiger partial charge < -0.3 is 9.64 Å². The van der Waals surface area contributed by atoms with Crippen molar-refractivity contribution in [2.75, 3.05) is 27.2 Å². The van der Waals surface area contributed by atoms with Gasteiger partial charge in [-0.3, -0.25) is 5.32 Å². The van der Waals surface area contributed by atoms with E-state index in [4.69, 9.17) is 4.74 Å². The molecule has 110 valence electrons. The van der Waals surface area contributed by atoms with Crippen LogP contribution in [0.5, 0.6) is 0 Å². The van der Waals surface area contributed by atoms with Gasteiger partial charge in [0.25, 0.3) is 0 Å². The minimum atomic E-state index is -0.776. The van der Waals surface area contributed by atoms with Crippen LogP contribution in [0, 0.1) is 0 Å². The van der Waals surface area contributed by atoms with Gasteiger partial charge in [-0.2, -0.15) is 0 Å². The first-order valence-corrected chi connectivity index (χ1v) is 7.23. The average Bonchev–Trinajstić information content (AvgIpc) is 3.22. The lowest BCUT2D eigenvalue weighted by atomic mass is 9.89. The van der Waals surface area contributed by atoms with E-state index in [0.29, 0.717) is 19.2 Å². The second-order valence-corrected chi connectivity index (χ2v) is 5.65. The predicted octanol–water partition coefficient (Wildman–Crippen LogP) is 1.76. The molecule has 0 heterocycles. The van der Waals surface area contributed by atoms with Gasteiger partial charge in [0, 0.05) is 12.6 Å². The van der Waals surface area contributed by atoms with E-state index in [1.165, 1.54) is 0 Å². The summed E-state index contributed by atoms with van der Waals surface area (Å²) in [6, 6.07) is 10.3. The van der Waals surface area contributed by atoms with E-state index in [1.807, 2.05) is 56.3 Å². The van der Waals surface area contributed by atoms with E-state index in [2.05, 4.69) is 5.32 Å². The third-order valence-corrected chi connectivity index (χ3v) is 3.47. The molecule has 1 aliphatic rings. The lowest BCUT2D eigenvalue weighted by Gasteiger charge is -2.35. The summed E-state index contributed by atoms with van der Waals surface area (Å²) in [4.78, 5) is 14.7. The van der Waals surface area contributed by atoms with Crippen LogP contribution < -0.4 is 5.32 Å². The van der Waals surface area contributed by atoms with E-state index < -0.39 is 5.54 Å². The Hall–Kier alpha value is -1.39. The minimum Gasteiger partial charge on any atom is -0.464 e. The maximum Gasteiger partial charge on any atom is 0.332 e. The smallest absolute Gasteiger partial charge is 0.332 e. The number of benzene rings is 1. The van der Waals surface area contributed by atoms with Gasteiger partial charge in [0.2, 0.25) is 0 Å². The summed E-state index contributed by atoms with van der Waals surface area (Å²) >= 11 is 0. The Labute approximate surface area is 121 Å². The van der Waals surface area contributed by atoms with Crippen molar-refractivity contribution in [3.63, 3.8) is 0 Å². The van der Waals surface area contributed by atoms with Crippen molar-refractivity contribution in [1.29, 1.82) is 0 Å². The monoisotopic (exact) mass is 276 g/mol. The SMILES string of the molecule is CCOC(=O)C(CN(C)C)(NC1CC1)c1ccccc1. The number of hydrogen-bond acceptors (Lipinski definition) is 4. The van der Waals surface area contributed by atoms with Crippen LogP contribution in [0.4, 0.5) is 0 Å². The van der Waals surface area contributed by atoms with Gasteiger partial charge in [-0.15, -0.1) is 0 Å². The van der Waals surface area contributed by atoms with Crippen LogP contribution in [0.2, 0.25) is 0 Å². The molecule has 1 N–H and O–H groups in total. The second kappa shape index (κ2) is 6.37. The highest BCUT2D eigenvalue weighted by atomic mass is 16.5. The van der Waals surface area contributed by atoms with Gasteiger partial charge in [-0.25, -0.2) is 4.79 Å². The molecule has 0 bridgehead atoms. The maximum atomic E-state index is 12.7. The fraction of sp³-hybridized carbons (Fsp3) is 0.562. The first-order chi connectivity index (χ1) is 9.58. The molecule has 1 aromatic carbocycles. The Morgan fingerprint density at radius 1 is 1.35 bits per heavy atom. The van der Waals surface area contributed by atoms with Crippen LogP contribution in [0.3, 0.4) is 0 Å². The Morgan fingerprint density at radius 3 is 2.50 bits per heavy atom. The van der Waals surface area contributed by atoms with E-state index in [-0.39, 0.29) is 5.97 Å². The fourth-order valence-corrected chi connectivity index (χ4v) is 2.49. The van der Waals surface area contributed by atoms with Gasteiger partial charge in [-0.1, -0.05) is 30.3 Å². The van der Waals surface area contributed by atoms with Gasteiger partial charge >= 0.3 is 5.97 Å². The number of nitrogens with zero attached hydrogens (tertiary/aromatic N) is 1. The molecule has 0 amide bonds. The number of carbonyl (C=O) groups is 1. The Morgan fingerprint density at radius 2 is 2.00 bits per heavy atom. The molecule has 1 atom stereocenters. The first kappa shape index (κ1) is 15.0. The summed E-state index contributed by atoms with van der Waals surface area (Å²) in [6.45, 7) is 2.83. The van der Waals surface area contributed by atoms with E-state index in [0.717, 1.165) is 18.4 Å². The molecule has 1 unspecified atom stereocenters. The standard InChI is InChI=1S/C16H24N2O2/c1-4-20-15(19)16(12-18(2)3,17-14-10-11-14)13-8-6-5-7-9-13/h5-9,14,17H,4,10-12H2,1-3H3. The fourth-order valence-electron chi connectivity index (χ4n) is 2.49. The molecule has 0 radical (unpaired) electrons. The van der Waals surface area contributed by atoms with Crippen LogP contribution in [0.1, 0.15) is 25.3 Å². The molecule has 1 aromatic rings. The topological polar surface area (TPSA) is 41.6 Å². The third-order valence-electron chi connectivity index (χ3n) is 3.47. The van der Waals surface area contributed by atoms with Gasteiger partial charge in [-0.05, 0) is 39.4 Å². The molecule has 20 heavy (non-hydrogen) atoms. The maximum absolute atomic E-state index is 12.7. The van der Waals surface area contributed by atoms with Crippen molar-refractivity contribution in [2.45, 2.75) is 31.3 Å². The zero-order chi connectivity index (χ0) is 14.6. The number of likely N-dealkylation sites (N-methyl/N-ethyl adjacent to an activating group) is 1. The minimum absolute atomic E-state index is 0.188. The van der Waals surface area contributed by atoms with Gasteiger partial charge in [0.15, 0.2) is 5.54 Å². The summed E-state index contributed by atoms with van der Waals surface area (Å²) in [6.07, 6.45) is 2.25. The van der Waals surface area contributed by atoms with Crippen LogP contribution in [0.25, 0.3) is 0 Å².